The number of aromatic nitrogens is 2. The minimum absolute atomic E-state index is 0.0301. The number of non-ortho nitro benzene ring substituents is 1. The highest BCUT2D eigenvalue weighted by Crippen LogP contribution is 2.22. The fraction of sp³-hybridized carbons (Fsp3) is 0.107. The van der Waals surface area contributed by atoms with Crippen LogP contribution in [-0.2, 0) is 6.54 Å². The van der Waals surface area contributed by atoms with Crippen molar-refractivity contribution in [3.63, 3.8) is 0 Å². The predicted molar refractivity (Wildman–Crippen MR) is 154 cm³/mol. The molecule has 0 aliphatic rings. The molecule has 1 heterocycles. The first kappa shape index (κ1) is 29.7. The van der Waals surface area contributed by atoms with Gasteiger partial charge in [-0.2, -0.15) is 10.2 Å². The molecule has 0 aliphatic carbocycles. The molecule has 4 N–H and O–H groups in total. The fourth-order valence-corrected chi connectivity index (χ4v) is 3.78. The number of nitrogens with one attached hydrogen (secondary N) is 2. The number of nitro benzene ring substituents is 1. The third-order valence-corrected chi connectivity index (χ3v) is 5.98. The lowest BCUT2D eigenvalue weighted by atomic mass is 10.2. The van der Waals surface area contributed by atoms with Crippen molar-refractivity contribution in [3.05, 3.63) is 105 Å². The van der Waals surface area contributed by atoms with Crippen LogP contribution in [0.15, 0.2) is 77.2 Å². The van der Waals surface area contributed by atoms with Crippen LogP contribution >= 0.6 is 0 Å². The minimum atomic E-state index is -0.847. The van der Waals surface area contributed by atoms with E-state index in [1.54, 1.807) is 12.1 Å². The zero-order valence-electron chi connectivity index (χ0n) is 22.8. The van der Waals surface area contributed by atoms with E-state index < -0.39 is 16.7 Å². The van der Waals surface area contributed by atoms with Gasteiger partial charge in [0, 0.05) is 29.8 Å². The van der Waals surface area contributed by atoms with Crippen LogP contribution in [-0.4, -0.2) is 63.2 Å². The molecule has 0 aliphatic heterocycles. The number of nitrogens with zero attached hydrogens (tertiary/aromatic N) is 5. The second-order valence-electron chi connectivity index (χ2n) is 8.74. The summed E-state index contributed by atoms with van der Waals surface area (Å²) in [6.07, 6.45) is 3.63. The molecule has 0 bridgehead atoms. The predicted octanol–water partition coefficient (Wildman–Crippen LogP) is 2.80. The molecule has 0 saturated carbocycles. The molecular formula is C28H25N7O8. The SMILES string of the molecule is COc1ccc(O)c(/C=N/NC(=O)c2ncn(Cc3ccc([N+](=O)[O-])cc3)c2C(=O)N/N=C/c2cc(OC)ccc2O)c1. The summed E-state index contributed by atoms with van der Waals surface area (Å²) in [5.41, 5.74) is 5.08. The van der Waals surface area contributed by atoms with Gasteiger partial charge in [0.2, 0.25) is 0 Å². The molecule has 4 aromatic rings. The number of ether oxygens (including phenoxy) is 2. The number of nitro groups is 1. The third-order valence-electron chi connectivity index (χ3n) is 5.98. The summed E-state index contributed by atoms with van der Waals surface area (Å²) >= 11 is 0. The van der Waals surface area contributed by atoms with Crippen LogP contribution in [0.2, 0.25) is 0 Å². The summed E-state index contributed by atoms with van der Waals surface area (Å²) in [6.45, 7) is 0.0301. The van der Waals surface area contributed by atoms with Crippen LogP contribution in [0, 0.1) is 10.1 Å². The van der Waals surface area contributed by atoms with Gasteiger partial charge in [0.15, 0.2) is 5.69 Å². The number of benzene rings is 3. The van der Waals surface area contributed by atoms with E-state index in [4.69, 9.17) is 9.47 Å². The monoisotopic (exact) mass is 587 g/mol. The fourth-order valence-electron chi connectivity index (χ4n) is 3.78. The minimum Gasteiger partial charge on any atom is -0.507 e. The number of carbonyl (C=O) groups is 2. The van der Waals surface area contributed by atoms with E-state index in [0.717, 1.165) is 0 Å². The summed E-state index contributed by atoms with van der Waals surface area (Å²) in [7, 11) is 2.91. The van der Waals surface area contributed by atoms with Crippen LogP contribution in [0.3, 0.4) is 0 Å². The summed E-state index contributed by atoms with van der Waals surface area (Å²) in [4.78, 5) is 40.9. The number of phenols is 2. The van der Waals surface area contributed by atoms with Gasteiger partial charge < -0.3 is 24.3 Å². The number of phenolic OH excluding ortho intramolecular Hbond substituents is 2. The highest BCUT2D eigenvalue weighted by molar-refractivity contribution is 6.05. The van der Waals surface area contributed by atoms with E-state index in [1.165, 1.54) is 86.1 Å². The molecule has 4 rings (SSSR count). The molecule has 0 radical (unpaired) electrons. The highest BCUT2D eigenvalue weighted by atomic mass is 16.6. The van der Waals surface area contributed by atoms with Crippen LogP contribution < -0.4 is 20.3 Å². The summed E-state index contributed by atoms with van der Waals surface area (Å²) in [5, 5.41) is 38.8. The van der Waals surface area contributed by atoms with Crippen molar-refractivity contribution in [2.24, 2.45) is 10.2 Å². The molecule has 2 amide bonds. The maximum absolute atomic E-state index is 13.3. The molecule has 0 unspecified atom stereocenters. The number of rotatable bonds is 11. The topological polar surface area (TPSA) is 203 Å². The zero-order chi connectivity index (χ0) is 30.9. The average molecular weight is 588 g/mol. The lowest BCUT2D eigenvalue weighted by Gasteiger charge is -2.09. The molecule has 220 valence electrons. The van der Waals surface area contributed by atoms with E-state index in [0.29, 0.717) is 17.1 Å². The largest absolute Gasteiger partial charge is 0.507 e. The standard InChI is InChI=1S/C28H25N7O8/c1-42-21-7-9-23(36)18(11-21)13-30-32-27(38)25-26(28(39)33-31-14-19-12-22(43-2)8-10-24(19)37)34(16-29-25)15-17-3-5-20(6-4-17)35(40)41/h3-14,16,36-37H,15H2,1-2H3,(H,32,38)(H,33,39)/b30-13+,31-14+. The van der Waals surface area contributed by atoms with Crippen LogP contribution in [0.5, 0.6) is 23.0 Å². The van der Waals surface area contributed by atoms with E-state index >= 15 is 0 Å². The first-order valence-electron chi connectivity index (χ1n) is 12.4. The van der Waals surface area contributed by atoms with Gasteiger partial charge in [-0.3, -0.25) is 19.7 Å². The Morgan fingerprint density at radius 3 is 1.95 bits per heavy atom. The van der Waals surface area contributed by atoms with Gasteiger partial charge >= 0.3 is 0 Å². The van der Waals surface area contributed by atoms with Gasteiger partial charge in [-0.25, -0.2) is 15.8 Å². The Balaban J connectivity index is 1.60. The van der Waals surface area contributed by atoms with Crippen molar-refractivity contribution in [1.29, 1.82) is 0 Å². The second kappa shape index (κ2) is 13.4. The van der Waals surface area contributed by atoms with E-state index in [-0.39, 0.29) is 46.2 Å². The van der Waals surface area contributed by atoms with E-state index in [1.807, 2.05) is 0 Å². The van der Waals surface area contributed by atoms with Gasteiger partial charge in [-0.05, 0) is 42.0 Å². The van der Waals surface area contributed by atoms with E-state index in [9.17, 15) is 29.9 Å². The Morgan fingerprint density at radius 2 is 1.44 bits per heavy atom. The smallest absolute Gasteiger partial charge is 0.292 e. The van der Waals surface area contributed by atoms with Crippen molar-refractivity contribution in [2.75, 3.05) is 14.2 Å². The Kier molecular flexibility index (Phi) is 9.27. The number of methoxy groups -OCH3 is 2. The molecule has 0 fully saturated rings. The van der Waals surface area contributed by atoms with E-state index in [2.05, 4.69) is 26.0 Å². The maximum Gasteiger partial charge on any atom is 0.292 e. The van der Waals surface area contributed by atoms with Crippen LogP contribution in [0.4, 0.5) is 5.69 Å². The second-order valence-corrected chi connectivity index (χ2v) is 8.74. The molecule has 43 heavy (non-hydrogen) atoms. The number of aromatic hydroxyl groups is 2. The molecule has 0 saturated heterocycles. The lowest BCUT2D eigenvalue weighted by Crippen LogP contribution is -2.27. The summed E-state index contributed by atoms with van der Waals surface area (Å²) < 4.78 is 11.6. The Morgan fingerprint density at radius 1 is 0.907 bits per heavy atom. The molecule has 0 spiro atoms. The number of hydrogen-bond donors (Lipinski definition) is 4. The number of carbonyl (C=O) groups excluding carboxylic acids is 2. The number of imidazole rings is 1. The van der Waals surface area contributed by atoms with Crippen molar-refractivity contribution in [2.45, 2.75) is 6.54 Å². The van der Waals surface area contributed by atoms with Crippen LogP contribution in [0.25, 0.3) is 0 Å². The zero-order valence-corrected chi connectivity index (χ0v) is 22.8. The van der Waals surface area contributed by atoms with Gasteiger partial charge in [-0.1, -0.05) is 12.1 Å². The number of hydrazone groups is 2. The van der Waals surface area contributed by atoms with Gasteiger partial charge in [0.05, 0.1) is 37.9 Å². The van der Waals surface area contributed by atoms with Gasteiger partial charge in [-0.15, -0.1) is 0 Å². The van der Waals surface area contributed by atoms with Gasteiger partial charge in [0.1, 0.15) is 28.7 Å². The molecule has 15 nitrogen and oxygen atoms in total. The average Bonchev–Trinajstić information content (AvgIpc) is 3.42. The van der Waals surface area contributed by atoms with Crippen molar-refractivity contribution >= 4 is 29.9 Å². The molecule has 3 aromatic carbocycles. The molecule has 0 atom stereocenters. The Bertz CT molecular complexity index is 1710. The molecular weight excluding hydrogens is 562 g/mol. The number of hydrogen-bond acceptors (Lipinski definition) is 11. The summed E-state index contributed by atoms with van der Waals surface area (Å²) in [6, 6.07) is 14.5. The van der Waals surface area contributed by atoms with Crippen molar-refractivity contribution < 1.29 is 34.2 Å². The number of amides is 2. The quantitative estimate of drug-likeness (QED) is 0.116. The molecule has 15 heteroatoms. The van der Waals surface area contributed by atoms with Gasteiger partial charge in [0.25, 0.3) is 17.5 Å². The maximum atomic E-state index is 13.3. The normalized spacial score (nSPS) is 11.0. The summed E-state index contributed by atoms with van der Waals surface area (Å²) in [5.74, 6) is -0.975. The van der Waals surface area contributed by atoms with Crippen LogP contribution in [0.1, 0.15) is 37.7 Å². The Hall–Kier alpha value is -6.25. The molecule has 1 aromatic heterocycles. The van der Waals surface area contributed by atoms with Crippen molar-refractivity contribution in [1.82, 2.24) is 20.4 Å². The lowest BCUT2D eigenvalue weighted by molar-refractivity contribution is -0.384. The highest BCUT2D eigenvalue weighted by Gasteiger charge is 2.24. The first-order chi connectivity index (χ1) is 20.7. The first-order valence-corrected chi connectivity index (χ1v) is 12.4. The third kappa shape index (κ3) is 7.29. The Labute approximate surface area is 243 Å². The van der Waals surface area contributed by atoms with Crippen molar-refractivity contribution in [3.8, 4) is 23.0 Å².